The lowest BCUT2D eigenvalue weighted by molar-refractivity contribution is -0.123. The van der Waals surface area contributed by atoms with E-state index in [4.69, 9.17) is 9.84 Å². The van der Waals surface area contributed by atoms with Crippen molar-refractivity contribution in [1.29, 1.82) is 0 Å². The molecule has 166 valence electrons. The molecule has 1 atom stereocenters. The Morgan fingerprint density at radius 1 is 0.871 bits per heavy atom. The first-order valence-corrected chi connectivity index (χ1v) is 9.98. The van der Waals surface area contributed by atoms with Crippen LogP contribution in [0.25, 0.3) is 0 Å². The van der Waals surface area contributed by atoms with Gasteiger partial charge in [-0.1, -0.05) is 54.6 Å². The van der Waals surface area contributed by atoms with Crippen molar-refractivity contribution in [3.8, 4) is 0 Å². The van der Waals surface area contributed by atoms with Gasteiger partial charge in [-0.3, -0.25) is 4.79 Å². The van der Waals surface area contributed by atoms with Crippen LogP contribution in [0.4, 0.5) is 9.59 Å². The van der Waals surface area contributed by atoms with E-state index in [0.29, 0.717) is 6.54 Å². The van der Waals surface area contributed by atoms with Gasteiger partial charge in [0, 0.05) is 19.5 Å². The number of amides is 3. The first kappa shape index (κ1) is 23.7. The lowest BCUT2D eigenvalue weighted by atomic mass is 10.1. The predicted molar refractivity (Wildman–Crippen MR) is 116 cm³/mol. The average molecular weight is 428 g/mol. The lowest BCUT2D eigenvalue weighted by Crippen LogP contribution is -2.47. The van der Waals surface area contributed by atoms with Gasteiger partial charge in [0.15, 0.2) is 0 Å². The second-order valence-corrected chi connectivity index (χ2v) is 8.08. The average Bonchev–Trinajstić information content (AvgIpc) is 2.70. The fourth-order valence-corrected chi connectivity index (χ4v) is 2.78. The Bertz CT molecular complexity index is 876. The molecule has 0 aromatic heterocycles. The number of alkyl carbamates (subject to hydrolysis) is 1. The molecule has 2 aromatic rings. The lowest BCUT2D eigenvalue weighted by Gasteiger charge is -2.19. The van der Waals surface area contributed by atoms with Crippen LogP contribution in [0.3, 0.4) is 0 Å². The SMILES string of the molecule is CC(C)(C)OC(=O)NCc1ccc(CNC(=O)[C@H](Cc2ccccc2)NC(=O)O)cc1. The van der Waals surface area contributed by atoms with Crippen LogP contribution in [0.5, 0.6) is 0 Å². The van der Waals surface area contributed by atoms with E-state index in [0.717, 1.165) is 16.7 Å². The molecule has 0 heterocycles. The molecule has 0 spiro atoms. The van der Waals surface area contributed by atoms with Gasteiger partial charge in [0.05, 0.1) is 0 Å². The highest BCUT2D eigenvalue weighted by Crippen LogP contribution is 2.09. The van der Waals surface area contributed by atoms with Gasteiger partial charge in [-0.25, -0.2) is 9.59 Å². The number of carboxylic acid groups (broad SMARTS) is 1. The summed E-state index contributed by atoms with van der Waals surface area (Å²) in [6.45, 7) is 5.97. The van der Waals surface area contributed by atoms with E-state index in [1.807, 2.05) is 54.6 Å². The molecular formula is C23H29N3O5. The Hall–Kier alpha value is -3.55. The van der Waals surface area contributed by atoms with Crippen LogP contribution in [0.2, 0.25) is 0 Å². The van der Waals surface area contributed by atoms with Crippen molar-refractivity contribution < 1.29 is 24.2 Å². The molecule has 0 aliphatic heterocycles. The second-order valence-electron chi connectivity index (χ2n) is 8.08. The monoisotopic (exact) mass is 427 g/mol. The normalized spacial score (nSPS) is 11.8. The van der Waals surface area contributed by atoms with Crippen molar-refractivity contribution >= 4 is 18.1 Å². The van der Waals surface area contributed by atoms with Gasteiger partial charge in [-0.05, 0) is 37.5 Å². The van der Waals surface area contributed by atoms with E-state index < -0.39 is 29.7 Å². The summed E-state index contributed by atoms with van der Waals surface area (Å²) < 4.78 is 5.20. The van der Waals surface area contributed by atoms with Crippen molar-refractivity contribution in [2.24, 2.45) is 0 Å². The molecular weight excluding hydrogens is 398 g/mol. The second kappa shape index (κ2) is 11.0. The van der Waals surface area contributed by atoms with E-state index in [9.17, 15) is 14.4 Å². The number of ether oxygens (including phenoxy) is 1. The molecule has 0 radical (unpaired) electrons. The van der Waals surface area contributed by atoms with Gasteiger partial charge in [0.25, 0.3) is 0 Å². The summed E-state index contributed by atoms with van der Waals surface area (Å²) in [6, 6.07) is 15.7. The zero-order chi connectivity index (χ0) is 22.9. The quantitative estimate of drug-likeness (QED) is 0.516. The number of carbonyl (C=O) groups is 3. The summed E-state index contributed by atoms with van der Waals surface area (Å²) in [5.41, 5.74) is 2.04. The Kier molecular flexibility index (Phi) is 8.43. The van der Waals surface area contributed by atoms with Crippen molar-refractivity contribution in [3.63, 3.8) is 0 Å². The van der Waals surface area contributed by atoms with E-state index in [1.165, 1.54) is 0 Å². The summed E-state index contributed by atoms with van der Waals surface area (Å²) in [7, 11) is 0. The summed E-state index contributed by atoms with van der Waals surface area (Å²) in [6.07, 6.45) is -1.48. The van der Waals surface area contributed by atoms with Crippen molar-refractivity contribution in [1.82, 2.24) is 16.0 Å². The largest absolute Gasteiger partial charge is 0.465 e. The minimum Gasteiger partial charge on any atom is -0.465 e. The number of hydrogen-bond donors (Lipinski definition) is 4. The van der Waals surface area contributed by atoms with Crippen molar-refractivity contribution in [3.05, 3.63) is 71.3 Å². The van der Waals surface area contributed by atoms with Gasteiger partial charge in [0.1, 0.15) is 11.6 Å². The minimum atomic E-state index is -1.25. The maximum Gasteiger partial charge on any atom is 0.407 e. The van der Waals surface area contributed by atoms with Gasteiger partial charge < -0.3 is 25.8 Å². The minimum absolute atomic E-state index is 0.255. The van der Waals surface area contributed by atoms with Gasteiger partial charge >= 0.3 is 12.2 Å². The molecule has 0 aliphatic rings. The molecule has 2 aromatic carbocycles. The van der Waals surface area contributed by atoms with Crippen LogP contribution in [0.15, 0.2) is 54.6 Å². The molecule has 4 N–H and O–H groups in total. The highest BCUT2D eigenvalue weighted by Gasteiger charge is 2.20. The molecule has 0 fully saturated rings. The maximum absolute atomic E-state index is 12.5. The van der Waals surface area contributed by atoms with Crippen molar-refractivity contribution in [2.45, 2.75) is 51.9 Å². The molecule has 31 heavy (non-hydrogen) atoms. The predicted octanol–water partition coefficient (Wildman–Crippen LogP) is 3.21. The molecule has 8 heteroatoms. The van der Waals surface area contributed by atoms with Gasteiger partial charge in [0.2, 0.25) is 5.91 Å². The molecule has 0 saturated carbocycles. The highest BCUT2D eigenvalue weighted by atomic mass is 16.6. The third-order valence-corrected chi connectivity index (χ3v) is 4.22. The van der Waals surface area contributed by atoms with Crippen molar-refractivity contribution in [2.75, 3.05) is 0 Å². The smallest absolute Gasteiger partial charge is 0.407 e. The van der Waals surface area contributed by atoms with Crippen LogP contribution in [-0.2, 0) is 29.0 Å². The molecule has 0 saturated heterocycles. The Morgan fingerprint density at radius 2 is 1.42 bits per heavy atom. The molecule has 0 bridgehead atoms. The fraction of sp³-hybridized carbons (Fsp3) is 0.348. The highest BCUT2D eigenvalue weighted by molar-refractivity contribution is 5.85. The number of nitrogens with one attached hydrogen (secondary N) is 3. The van der Waals surface area contributed by atoms with Gasteiger partial charge in [-0.2, -0.15) is 0 Å². The Morgan fingerprint density at radius 3 is 1.94 bits per heavy atom. The third kappa shape index (κ3) is 9.20. The number of rotatable bonds is 8. The summed E-state index contributed by atoms with van der Waals surface area (Å²) in [5.74, 6) is -0.401. The molecule has 0 unspecified atom stereocenters. The summed E-state index contributed by atoms with van der Waals surface area (Å²) in [5, 5.41) is 16.8. The maximum atomic E-state index is 12.5. The Balaban J connectivity index is 1.86. The number of benzene rings is 2. The first-order chi connectivity index (χ1) is 14.6. The molecule has 0 aliphatic carbocycles. The fourth-order valence-electron chi connectivity index (χ4n) is 2.78. The zero-order valence-electron chi connectivity index (χ0n) is 18.0. The van der Waals surface area contributed by atoms with Gasteiger partial charge in [-0.15, -0.1) is 0 Å². The van der Waals surface area contributed by atoms with Crippen LogP contribution < -0.4 is 16.0 Å². The molecule has 8 nitrogen and oxygen atoms in total. The van der Waals surface area contributed by atoms with Crippen LogP contribution >= 0.6 is 0 Å². The molecule has 3 amide bonds. The number of hydrogen-bond acceptors (Lipinski definition) is 4. The summed E-state index contributed by atoms with van der Waals surface area (Å²) in [4.78, 5) is 35.3. The standard InChI is InChI=1S/C23H29N3O5/c1-23(2,3)31-22(30)25-15-18-11-9-17(10-12-18)14-24-20(27)19(26-21(28)29)13-16-7-5-4-6-8-16/h4-12,19,26H,13-15H2,1-3H3,(H,24,27)(H,25,30)(H,28,29)/t19-/m0/s1. The van der Waals surface area contributed by atoms with E-state index in [1.54, 1.807) is 20.8 Å². The topological polar surface area (TPSA) is 117 Å². The summed E-state index contributed by atoms with van der Waals surface area (Å²) >= 11 is 0. The van der Waals surface area contributed by atoms with Crippen LogP contribution in [-0.4, -0.2) is 34.8 Å². The van der Waals surface area contributed by atoms with E-state index >= 15 is 0 Å². The first-order valence-electron chi connectivity index (χ1n) is 9.98. The van der Waals surface area contributed by atoms with Crippen LogP contribution in [0.1, 0.15) is 37.5 Å². The molecule has 2 rings (SSSR count). The zero-order valence-corrected chi connectivity index (χ0v) is 18.0. The van der Waals surface area contributed by atoms with E-state index in [2.05, 4.69) is 16.0 Å². The Labute approximate surface area is 182 Å². The van der Waals surface area contributed by atoms with Crippen LogP contribution in [0, 0.1) is 0 Å². The van der Waals surface area contributed by atoms with E-state index in [-0.39, 0.29) is 13.0 Å². The number of carbonyl (C=O) groups excluding carboxylic acids is 2. The third-order valence-electron chi connectivity index (χ3n) is 4.22.